The average Bonchev–Trinajstić information content (AvgIpc) is 3.07. The number of methoxy groups -OCH3 is 1. The molecular weight excluding hydrogens is 386 g/mol. The molecule has 0 spiro atoms. The Morgan fingerprint density at radius 3 is 2.72 bits per heavy atom. The van der Waals surface area contributed by atoms with Gasteiger partial charge in [0.2, 0.25) is 0 Å². The molecule has 156 valence electrons. The summed E-state index contributed by atoms with van der Waals surface area (Å²) >= 11 is 1.49. The second-order valence-corrected chi connectivity index (χ2v) is 8.65. The molecule has 2 N–H and O–H groups in total. The molecule has 7 heteroatoms. The van der Waals surface area contributed by atoms with Crippen LogP contribution in [-0.4, -0.2) is 52.4 Å². The second-order valence-electron chi connectivity index (χ2n) is 7.79. The van der Waals surface area contributed by atoms with E-state index in [9.17, 15) is 9.90 Å². The summed E-state index contributed by atoms with van der Waals surface area (Å²) in [6.45, 7) is 9.40. The van der Waals surface area contributed by atoms with Crippen molar-refractivity contribution >= 4 is 21.6 Å². The van der Waals surface area contributed by atoms with Gasteiger partial charge in [0.25, 0.3) is 5.56 Å². The lowest BCUT2D eigenvalue weighted by molar-refractivity contribution is 0.0272. The van der Waals surface area contributed by atoms with Crippen molar-refractivity contribution in [2.75, 3.05) is 20.3 Å². The Morgan fingerprint density at radius 2 is 2.03 bits per heavy atom. The van der Waals surface area contributed by atoms with Gasteiger partial charge in [-0.05, 0) is 38.8 Å². The summed E-state index contributed by atoms with van der Waals surface area (Å²) in [7, 11) is 1.57. The van der Waals surface area contributed by atoms with Gasteiger partial charge in [-0.3, -0.25) is 9.69 Å². The van der Waals surface area contributed by atoms with Gasteiger partial charge < -0.3 is 14.8 Å². The zero-order chi connectivity index (χ0) is 21.1. The van der Waals surface area contributed by atoms with Gasteiger partial charge >= 0.3 is 0 Å². The molecule has 0 fully saturated rings. The molecule has 0 amide bonds. The highest BCUT2D eigenvalue weighted by Gasteiger charge is 2.19. The molecule has 0 unspecified atom stereocenters. The maximum atomic E-state index is 13.0. The van der Waals surface area contributed by atoms with Crippen LogP contribution in [0.3, 0.4) is 0 Å². The Morgan fingerprint density at radius 1 is 1.28 bits per heavy atom. The zero-order valence-corrected chi connectivity index (χ0v) is 18.5. The number of thiophene rings is 1. The van der Waals surface area contributed by atoms with Gasteiger partial charge in [-0.25, -0.2) is 4.98 Å². The zero-order valence-electron chi connectivity index (χ0n) is 17.7. The molecule has 2 heterocycles. The molecule has 0 radical (unpaired) electrons. The van der Waals surface area contributed by atoms with Crippen molar-refractivity contribution in [1.29, 1.82) is 0 Å². The SMILES string of the molecule is COC[C@@H](O)CN(Cc1nc2scc(-c3cc(C)ccc3C)c2c(=O)[nH]1)C(C)C. The van der Waals surface area contributed by atoms with Gasteiger partial charge in [0, 0.05) is 30.6 Å². The fourth-order valence-electron chi connectivity index (χ4n) is 3.46. The van der Waals surface area contributed by atoms with E-state index in [1.54, 1.807) is 7.11 Å². The first-order valence-electron chi connectivity index (χ1n) is 9.79. The topological polar surface area (TPSA) is 78.5 Å². The lowest BCUT2D eigenvalue weighted by Crippen LogP contribution is -2.39. The minimum absolute atomic E-state index is 0.122. The number of hydrogen-bond donors (Lipinski definition) is 2. The van der Waals surface area contributed by atoms with Gasteiger partial charge in [-0.15, -0.1) is 11.3 Å². The number of nitrogens with zero attached hydrogens (tertiary/aromatic N) is 2. The van der Waals surface area contributed by atoms with E-state index in [0.29, 0.717) is 24.3 Å². The summed E-state index contributed by atoms with van der Waals surface area (Å²) < 4.78 is 5.03. The van der Waals surface area contributed by atoms with Crippen molar-refractivity contribution in [1.82, 2.24) is 14.9 Å². The van der Waals surface area contributed by atoms with Crippen molar-refractivity contribution in [3.63, 3.8) is 0 Å². The number of fused-ring (bicyclic) bond motifs is 1. The van der Waals surface area contributed by atoms with Gasteiger partial charge in [0.05, 0.1) is 24.6 Å². The molecule has 0 saturated heterocycles. The molecule has 0 aliphatic carbocycles. The fraction of sp³-hybridized carbons (Fsp3) is 0.455. The van der Waals surface area contributed by atoms with Crippen LogP contribution in [0.5, 0.6) is 0 Å². The van der Waals surface area contributed by atoms with Gasteiger partial charge in [0.1, 0.15) is 10.7 Å². The van der Waals surface area contributed by atoms with E-state index < -0.39 is 6.10 Å². The number of aliphatic hydroxyl groups excluding tert-OH is 1. The molecule has 2 aromatic heterocycles. The first-order valence-corrected chi connectivity index (χ1v) is 10.7. The summed E-state index contributed by atoms with van der Waals surface area (Å²) in [6, 6.07) is 6.46. The van der Waals surface area contributed by atoms with Crippen LogP contribution in [0.25, 0.3) is 21.3 Å². The summed E-state index contributed by atoms with van der Waals surface area (Å²) in [5.74, 6) is 0.607. The van der Waals surface area contributed by atoms with Crippen LogP contribution in [0, 0.1) is 13.8 Å². The normalized spacial score (nSPS) is 13.0. The van der Waals surface area contributed by atoms with E-state index >= 15 is 0 Å². The van der Waals surface area contributed by atoms with Gasteiger partial charge in [-0.2, -0.15) is 0 Å². The fourth-order valence-corrected chi connectivity index (χ4v) is 4.42. The Hall–Kier alpha value is -2.06. The number of benzene rings is 1. The average molecular weight is 416 g/mol. The highest BCUT2D eigenvalue weighted by molar-refractivity contribution is 7.17. The van der Waals surface area contributed by atoms with E-state index in [1.807, 2.05) is 5.38 Å². The molecule has 3 aromatic rings. The summed E-state index contributed by atoms with van der Waals surface area (Å²) in [4.78, 5) is 23.4. The number of rotatable bonds is 8. The van der Waals surface area contributed by atoms with Crippen LogP contribution in [0.15, 0.2) is 28.4 Å². The first-order chi connectivity index (χ1) is 13.8. The molecule has 0 bridgehead atoms. The minimum Gasteiger partial charge on any atom is -0.389 e. The Balaban J connectivity index is 1.95. The van der Waals surface area contributed by atoms with Crippen molar-refractivity contribution in [3.8, 4) is 11.1 Å². The molecule has 1 atom stereocenters. The quantitative estimate of drug-likeness (QED) is 0.589. The summed E-state index contributed by atoms with van der Waals surface area (Å²) in [5.41, 5.74) is 4.18. The largest absolute Gasteiger partial charge is 0.389 e. The highest BCUT2D eigenvalue weighted by Crippen LogP contribution is 2.33. The molecule has 6 nitrogen and oxygen atoms in total. The van der Waals surface area contributed by atoms with E-state index in [0.717, 1.165) is 27.1 Å². The second kappa shape index (κ2) is 9.17. The van der Waals surface area contributed by atoms with Crippen LogP contribution in [0.1, 0.15) is 30.8 Å². The number of H-pyrrole nitrogens is 1. The molecule has 0 aliphatic heterocycles. The third-order valence-electron chi connectivity index (χ3n) is 5.06. The standard InChI is InChI=1S/C22H29N3O3S/c1-13(2)25(9-16(26)11-28-5)10-19-23-21(27)20-18(12-29-22(20)24-19)17-8-14(3)6-7-15(17)4/h6-8,12-13,16,26H,9-11H2,1-5H3,(H,23,24,27)/t16-/m0/s1. The number of hydrogen-bond acceptors (Lipinski definition) is 6. The Labute approximate surface area is 175 Å². The molecule has 0 saturated carbocycles. The monoisotopic (exact) mass is 415 g/mol. The molecule has 29 heavy (non-hydrogen) atoms. The van der Waals surface area contributed by atoms with Crippen molar-refractivity contribution < 1.29 is 9.84 Å². The first kappa shape index (κ1) is 21.6. The molecule has 3 rings (SSSR count). The predicted octanol–water partition coefficient (Wildman–Crippen LogP) is 3.49. The third kappa shape index (κ3) is 4.93. The minimum atomic E-state index is -0.588. The van der Waals surface area contributed by atoms with Crippen molar-refractivity contribution in [2.24, 2.45) is 0 Å². The predicted molar refractivity (Wildman–Crippen MR) is 119 cm³/mol. The summed E-state index contributed by atoms with van der Waals surface area (Å²) in [6.07, 6.45) is -0.588. The van der Waals surface area contributed by atoms with Crippen LogP contribution >= 0.6 is 11.3 Å². The Kier molecular flexibility index (Phi) is 6.85. The highest BCUT2D eigenvalue weighted by atomic mass is 32.1. The van der Waals surface area contributed by atoms with Gasteiger partial charge in [-0.1, -0.05) is 23.8 Å². The number of nitrogens with one attached hydrogen (secondary N) is 1. The van der Waals surface area contributed by atoms with E-state index in [-0.39, 0.29) is 18.2 Å². The smallest absolute Gasteiger partial charge is 0.260 e. The third-order valence-corrected chi connectivity index (χ3v) is 5.94. The number of aromatic amines is 1. The number of aryl methyl sites for hydroxylation is 2. The van der Waals surface area contributed by atoms with Crippen LogP contribution in [0.2, 0.25) is 0 Å². The number of aliphatic hydroxyl groups is 1. The van der Waals surface area contributed by atoms with Gasteiger partial charge in [0.15, 0.2) is 0 Å². The van der Waals surface area contributed by atoms with E-state index in [2.05, 4.69) is 55.8 Å². The molecule has 0 aliphatic rings. The van der Waals surface area contributed by atoms with E-state index in [1.165, 1.54) is 11.3 Å². The summed E-state index contributed by atoms with van der Waals surface area (Å²) in [5, 5.41) is 12.8. The Bertz CT molecular complexity index is 1040. The van der Waals surface area contributed by atoms with Crippen LogP contribution in [0.4, 0.5) is 0 Å². The lowest BCUT2D eigenvalue weighted by atomic mass is 9.99. The molecule has 1 aromatic carbocycles. The number of ether oxygens (including phenoxy) is 1. The van der Waals surface area contributed by atoms with Crippen LogP contribution < -0.4 is 5.56 Å². The van der Waals surface area contributed by atoms with E-state index in [4.69, 9.17) is 9.72 Å². The van der Waals surface area contributed by atoms with Crippen LogP contribution in [-0.2, 0) is 11.3 Å². The maximum absolute atomic E-state index is 13.0. The molecular formula is C22H29N3O3S. The van der Waals surface area contributed by atoms with Crippen molar-refractivity contribution in [2.45, 2.75) is 46.4 Å². The lowest BCUT2D eigenvalue weighted by Gasteiger charge is -2.27. The number of aromatic nitrogens is 2. The maximum Gasteiger partial charge on any atom is 0.260 e. The van der Waals surface area contributed by atoms with Crippen molar-refractivity contribution in [3.05, 3.63) is 50.9 Å².